The molecule has 132 valence electrons. The number of rotatable bonds is 5. The van der Waals surface area contributed by atoms with Gasteiger partial charge in [0.15, 0.2) is 0 Å². The molecule has 1 N–H and O–H groups in total. The van der Waals surface area contributed by atoms with E-state index in [2.05, 4.69) is 0 Å². The highest BCUT2D eigenvalue weighted by Crippen LogP contribution is 2.22. The summed E-state index contributed by atoms with van der Waals surface area (Å²) in [5.74, 6) is -1.10. The summed E-state index contributed by atoms with van der Waals surface area (Å²) in [7, 11) is 0. The van der Waals surface area contributed by atoms with Crippen molar-refractivity contribution in [1.29, 1.82) is 0 Å². The first kappa shape index (κ1) is 16.9. The van der Waals surface area contributed by atoms with Gasteiger partial charge in [-0.2, -0.15) is 0 Å². The molecule has 0 bridgehead atoms. The molecule has 25 heavy (non-hydrogen) atoms. The zero-order chi connectivity index (χ0) is 18.0. The van der Waals surface area contributed by atoms with Gasteiger partial charge in [0.2, 0.25) is 5.91 Å². The molecule has 0 saturated carbocycles. The van der Waals surface area contributed by atoms with Gasteiger partial charge in [0, 0.05) is 42.3 Å². The van der Waals surface area contributed by atoms with Crippen molar-refractivity contribution in [1.82, 2.24) is 9.47 Å². The lowest BCUT2D eigenvalue weighted by Gasteiger charge is -2.32. The number of carboxylic acid groups (broad SMARTS) is 1. The highest BCUT2D eigenvalue weighted by Gasteiger charge is 2.26. The quantitative estimate of drug-likeness (QED) is 0.643. The van der Waals surface area contributed by atoms with E-state index in [-0.39, 0.29) is 31.1 Å². The first-order chi connectivity index (χ1) is 11.9. The van der Waals surface area contributed by atoms with Crippen LogP contribution in [0.4, 0.5) is 5.69 Å². The van der Waals surface area contributed by atoms with Crippen LogP contribution in [0.3, 0.4) is 0 Å². The Labute approximate surface area is 142 Å². The molecule has 0 radical (unpaired) electrons. The van der Waals surface area contributed by atoms with Crippen molar-refractivity contribution >= 4 is 28.5 Å². The monoisotopic (exact) mass is 347 g/mol. The molecule has 2 aromatic rings. The molecule has 3 rings (SSSR count). The summed E-state index contributed by atoms with van der Waals surface area (Å²) in [4.78, 5) is 35.3. The lowest BCUT2D eigenvalue weighted by Crippen LogP contribution is -2.47. The highest BCUT2D eigenvalue weighted by atomic mass is 16.6. The molecule has 9 heteroatoms. The Hall–Kier alpha value is -2.94. The molecule has 1 aromatic carbocycles. The average molecular weight is 347 g/mol. The van der Waals surface area contributed by atoms with Crippen LogP contribution in [0.15, 0.2) is 30.5 Å². The molecule has 1 fully saturated rings. The standard InChI is InChI=1S/C16H17N3O6/c20-15(18-5-6-25-13(9-18)8-16(21)22)10-17-4-3-11-7-12(19(23)24)1-2-14(11)17/h1-4,7,13H,5-6,8-10H2,(H,21,22). The first-order valence-electron chi connectivity index (χ1n) is 7.78. The summed E-state index contributed by atoms with van der Waals surface area (Å²) in [5.41, 5.74) is 0.732. The number of carbonyl (C=O) groups is 2. The van der Waals surface area contributed by atoms with Crippen molar-refractivity contribution in [3.63, 3.8) is 0 Å². The number of non-ortho nitro benzene ring substituents is 1. The van der Waals surface area contributed by atoms with Gasteiger partial charge in [-0.05, 0) is 12.1 Å². The van der Waals surface area contributed by atoms with Crippen LogP contribution in [0.2, 0.25) is 0 Å². The zero-order valence-electron chi connectivity index (χ0n) is 13.3. The second-order valence-electron chi connectivity index (χ2n) is 5.87. The minimum absolute atomic E-state index is 0.00117. The lowest BCUT2D eigenvalue weighted by atomic mass is 10.2. The summed E-state index contributed by atoms with van der Waals surface area (Å²) < 4.78 is 7.09. The second-order valence-corrected chi connectivity index (χ2v) is 5.87. The summed E-state index contributed by atoms with van der Waals surface area (Å²) in [6, 6.07) is 6.21. The average Bonchev–Trinajstić information content (AvgIpc) is 2.96. The third-order valence-corrected chi connectivity index (χ3v) is 4.16. The number of ether oxygens (including phenoxy) is 1. The van der Waals surface area contributed by atoms with Crippen molar-refractivity contribution in [3.8, 4) is 0 Å². The van der Waals surface area contributed by atoms with Crippen LogP contribution in [0.25, 0.3) is 10.9 Å². The fraction of sp³-hybridized carbons (Fsp3) is 0.375. The van der Waals surface area contributed by atoms with E-state index in [1.54, 1.807) is 27.8 Å². The molecule has 0 spiro atoms. The number of aromatic nitrogens is 1. The molecule has 1 amide bonds. The molecule has 2 heterocycles. The number of nitro benzene ring substituents is 1. The van der Waals surface area contributed by atoms with Crippen molar-refractivity contribution in [2.24, 2.45) is 0 Å². The van der Waals surface area contributed by atoms with E-state index in [0.717, 1.165) is 5.52 Å². The minimum atomic E-state index is -0.961. The van der Waals surface area contributed by atoms with Crippen LogP contribution < -0.4 is 0 Å². The summed E-state index contributed by atoms with van der Waals surface area (Å²) >= 11 is 0. The van der Waals surface area contributed by atoms with E-state index in [1.807, 2.05) is 0 Å². The van der Waals surface area contributed by atoms with Gasteiger partial charge in [-0.1, -0.05) is 0 Å². The summed E-state index contributed by atoms with van der Waals surface area (Å²) in [6.45, 7) is 1.05. The maximum absolute atomic E-state index is 12.5. The van der Waals surface area contributed by atoms with E-state index in [1.165, 1.54) is 12.1 Å². The number of nitro groups is 1. The summed E-state index contributed by atoms with van der Waals surface area (Å²) in [6.07, 6.45) is 1.07. The number of aliphatic carboxylic acids is 1. The van der Waals surface area contributed by atoms with Crippen LogP contribution in [-0.2, 0) is 20.9 Å². The smallest absolute Gasteiger partial charge is 0.306 e. The number of morpholine rings is 1. The predicted octanol–water partition coefficient (Wildman–Crippen LogP) is 1.25. The van der Waals surface area contributed by atoms with E-state index >= 15 is 0 Å². The molecular formula is C16H17N3O6. The number of carbonyl (C=O) groups excluding carboxylic acids is 1. The van der Waals surface area contributed by atoms with Crippen LogP contribution in [-0.4, -0.2) is 57.2 Å². The van der Waals surface area contributed by atoms with Crippen molar-refractivity contribution < 1.29 is 24.4 Å². The van der Waals surface area contributed by atoms with Crippen molar-refractivity contribution in [2.75, 3.05) is 19.7 Å². The molecule has 1 atom stereocenters. The number of benzene rings is 1. The van der Waals surface area contributed by atoms with Gasteiger partial charge in [0.1, 0.15) is 6.54 Å². The van der Waals surface area contributed by atoms with Gasteiger partial charge < -0.3 is 19.3 Å². The Bertz CT molecular complexity index is 830. The SMILES string of the molecule is O=C(O)CC1CN(C(=O)Cn2ccc3cc([N+](=O)[O-])ccc32)CCO1. The number of hydrogen-bond donors (Lipinski definition) is 1. The summed E-state index contributed by atoms with van der Waals surface area (Å²) in [5, 5.41) is 20.4. The number of hydrogen-bond acceptors (Lipinski definition) is 5. The number of nitrogens with zero attached hydrogens (tertiary/aromatic N) is 3. The number of carboxylic acids is 1. The number of amides is 1. The largest absolute Gasteiger partial charge is 0.481 e. The van der Waals surface area contributed by atoms with E-state index in [0.29, 0.717) is 18.5 Å². The molecule has 0 aliphatic carbocycles. The second kappa shape index (κ2) is 6.89. The van der Waals surface area contributed by atoms with Crippen LogP contribution in [0.1, 0.15) is 6.42 Å². The van der Waals surface area contributed by atoms with Crippen LogP contribution in [0, 0.1) is 10.1 Å². The third-order valence-electron chi connectivity index (χ3n) is 4.16. The maximum atomic E-state index is 12.5. The Balaban J connectivity index is 1.71. The van der Waals surface area contributed by atoms with Gasteiger partial charge in [0.25, 0.3) is 5.69 Å². The zero-order valence-corrected chi connectivity index (χ0v) is 13.3. The van der Waals surface area contributed by atoms with Crippen molar-refractivity contribution in [3.05, 3.63) is 40.6 Å². The molecule has 1 saturated heterocycles. The van der Waals surface area contributed by atoms with Crippen molar-refractivity contribution in [2.45, 2.75) is 19.1 Å². The fourth-order valence-electron chi connectivity index (χ4n) is 2.95. The maximum Gasteiger partial charge on any atom is 0.306 e. The van der Waals surface area contributed by atoms with Gasteiger partial charge in [-0.15, -0.1) is 0 Å². The Morgan fingerprint density at radius 3 is 2.88 bits per heavy atom. The molecule has 9 nitrogen and oxygen atoms in total. The normalized spacial score (nSPS) is 17.6. The van der Waals surface area contributed by atoms with Crippen LogP contribution >= 0.6 is 0 Å². The lowest BCUT2D eigenvalue weighted by molar-refractivity contribution is -0.384. The molecule has 1 aliphatic heterocycles. The topological polar surface area (TPSA) is 115 Å². The minimum Gasteiger partial charge on any atom is -0.481 e. The highest BCUT2D eigenvalue weighted by molar-refractivity contribution is 5.85. The molecule has 1 aromatic heterocycles. The fourth-order valence-corrected chi connectivity index (χ4v) is 2.95. The van der Waals surface area contributed by atoms with E-state index < -0.39 is 17.0 Å². The van der Waals surface area contributed by atoms with Gasteiger partial charge in [-0.25, -0.2) is 0 Å². The first-order valence-corrected chi connectivity index (χ1v) is 7.78. The molecule has 1 unspecified atom stereocenters. The van der Waals surface area contributed by atoms with Gasteiger partial charge >= 0.3 is 5.97 Å². The van der Waals surface area contributed by atoms with Gasteiger partial charge in [-0.3, -0.25) is 19.7 Å². The van der Waals surface area contributed by atoms with E-state index in [9.17, 15) is 19.7 Å². The third kappa shape index (κ3) is 3.77. The Kier molecular flexibility index (Phi) is 4.66. The van der Waals surface area contributed by atoms with Crippen LogP contribution in [0.5, 0.6) is 0 Å². The Morgan fingerprint density at radius 2 is 2.16 bits per heavy atom. The number of fused-ring (bicyclic) bond motifs is 1. The van der Waals surface area contributed by atoms with E-state index in [4.69, 9.17) is 9.84 Å². The predicted molar refractivity (Wildman–Crippen MR) is 87.2 cm³/mol. The van der Waals surface area contributed by atoms with Gasteiger partial charge in [0.05, 0.1) is 24.1 Å². The Morgan fingerprint density at radius 1 is 1.36 bits per heavy atom. The molecule has 1 aliphatic rings. The molecular weight excluding hydrogens is 330 g/mol.